The van der Waals surface area contributed by atoms with Crippen molar-refractivity contribution in [3.05, 3.63) is 93.1 Å². The minimum Gasteiger partial charge on any atom is -0.493 e. The molecule has 3 aromatic heterocycles. The number of hydrogen-bond donors (Lipinski definition) is 0. The summed E-state index contributed by atoms with van der Waals surface area (Å²) in [4.78, 5) is 35.1. The third-order valence-corrected chi connectivity index (χ3v) is 5.25. The van der Waals surface area contributed by atoms with Crippen LogP contribution in [0.15, 0.2) is 76.8 Å². The Morgan fingerprint density at radius 2 is 1.81 bits per heavy atom. The van der Waals surface area contributed by atoms with Gasteiger partial charge in [-0.05, 0) is 36.4 Å². The van der Waals surface area contributed by atoms with Crippen molar-refractivity contribution in [3.8, 4) is 34.1 Å². The average Bonchev–Trinajstić information content (AvgIpc) is 2.84. The summed E-state index contributed by atoms with van der Waals surface area (Å²) < 4.78 is 50.2. The number of ether oxygens (including phenoxy) is 2. The molecular weight excluding hydrogens is 501 g/mol. The van der Waals surface area contributed by atoms with E-state index in [9.17, 15) is 22.8 Å². The third kappa shape index (κ3) is 5.41. The normalized spacial score (nSPS) is 11.4. The summed E-state index contributed by atoms with van der Waals surface area (Å²) in [6.07, 6.45) is 0.0618. The zero-order chi connectivity index (χ0) is 25.9. The number of halogens is 4. The van der Waals surface area contributed by atoms with Gasteiger partial charge in [0.05, 0.1) is 48.8 Å². The topological polar surface area (TPSA) is 88.2 Å². The van der Waals surface area contributed by atoms with Gasteiger partial charge in [-0.3, -0.25) is 14.3 Å². The molecule has 0 bridgehead atoms. The van der Waals surface area contributed by atoms with E-state index >= 15 is 0 Å². The number of rotatable bonds is 7. The Morgan fingerprint density at radius 3 is 2.50 bits per heavy atom. The Labute approximate surface area is 207 Å². The van der Waals surface area contributed by atoms with Crippen molar-refractivity contribution in [1.29, 1.82) is 0 Å². The maximum atomic E-state index is 13.5. The Hall–Kier alpha value is -4.12. The molecule has 3 heterocycles. The van der Waals surface area contributed by atoms with Crippen LogP contribution < -0.4 is 20.7 Å². The fraction of sp³-hybridized carbons (Fsp3) is 0.167. The van der Waals surface area contributed by atoms with Crippen LogP contribution in [0.4, 0.5) is 13.2 Å². The molecule has 186 valence electrons. The minimum atomic E-state index is -4.39. The fourth-order valence-corrected chi connectivity index (χ4v) is 3.67. The second-order valence-corrected chi connectivity index (χ2v) is 7.90. The number of methoxy groups -OCH3 is 1. The van der Waals surface area contributed by atoms with Gasteiger partial charge in [0.2, 0.25) is 5.88 Å². The number of aromatic nitrogens is 4. The monoisotopic (exact) mass is 518 g/mol. The number of alkyl halides is 3. The van der Waals surface area contributed by atoms with Gasteiger partial charge in [-0.1, -0.05) is 11.6 Å². The molecule has 0 N–H and O–H groups in total. The van der Waals surface area contributed by atoms with Crippen LogP contribution in [-0.2, 0) is 0 Å². The van der Waals surface area contributed by atoms with Crippen LogP contribution >= 0.6 is 11.6 Å². The molecule has 0 spiro atoms. The van der Waals surface area contributed by atoms with Crippen LogP contribution in [0.1, 0.15) is 6.42 Å². The summed E-state index contributed by atoms with van der Waals surface area (Å²) in [7, 11) is 1.39. The van der Waals surface area contributed by atoms with Crippen molar-refractivity contribution in [2.24, 2.45) is 0 Å². The standard InChI is InChI=1S/C24H18ClF3N4O4/c1-35-21-19(5-3-8-30-21)20-14-31(23(34)32(22(20)33)16-4-2-7-29-13-16)17-10-15(25)11-18(12-17)36-9-6-24(26,27)28/h2-5,7-8,10-14H,6,9H2,1H3. The molecule has 4 rings (SSSR count). The van der Waals surface area contributed by atoms with E-state index < -0.39 is 30.5 Å². The molecule has 1 aromatic carbocycles. The molecule has 12 heteroatoms. The molecule has 0 saturated heterocycles. The molecule has 4 aromatic rings. The largest absolute Gasteiger partial charge is 0.493 e. The summed E-state index contributed by atoms with van der Waals surface area (Å²) in [5.74, 6) is 0.174. The van der Waals surface area contributed by atoms with Crippen molar-refractivity contribution in [1.82, 2.24) is 19.1 Å². The Morgan fingerprint density at radius 1 is 1.03 bits per heavy atom. The lowest BCUT2D eigenvalue weighted by Crippen LogP contribution is -2.38. The quantitative estimate of drug-likeness (QED) is 0.359. The summed E-state index contributed by atoms with van der Waals surface area (Å²) in [5, 5.41) is 0.112. The minimum absolute atomic E-state index is 0.0216. The van der Waals surface area contributed by atoms with Crippen molar-refractivity contribution >= 4 is 11.6 Å². The van der Waals surface area contributed by atoms with E-state index in [-0.39, 0.29) is 33.6 Å². The van der Waals surface area contributed by atoms with Gasteiger partial charge in [-0.2, -0.15) is 13.2 Å². The molecule has 0 fully saturated rings. The van der Waals surface area contributed by atoms with E-state index in [1.807, 2.05) is 0 Å². The first kappa shape index (κ1) is 25.0. The van der Waals surface area contributed by atoms with E-state index in [2.05, 4.69) is 9.97 Å². The van der Waals surface area contributed by atoms with Gasteiger partial charge in [0.25, 0.3) is 5.56 Å². The number of pyridine rings is 2. The predicted octanol–water partition coefficient (Wildman–Crippen LogP) is 4.44. The Kier molecular flexibility index (Phi) is 7.11. The fourth-order valence-electron chi connectivity index (χ4n) is 3.45. The van der Waals surface area contributed by atoms with E-state index in [1.54, 1.807) is 18.2 Å². The van der Waals surface area contributed by atoms with Crippen molar-refractivity contribution in [2.45, 2.75) is 12.6 Å². The molecule has 0 aliphatic rings. The molecule has 36 heavy (non-hydrogen) atoms. The highest BCUT2D eigenvalue weighted by Gasteiger charge is 2.27. The first-order valence-corrected chi connectivity index (χ1v) is 10.8. The summed E-state index contributed by atoms with van der Waals surface area (Å²) in [6.45, 7) is -0.633. The van der Waals surface area contributed by atoms with Crippen molar-refractivity contribution in [2.75, 3.05) is 13.7 Å². The van der Waals surface area contributed by atoms with Crippen LogP contribution in [0.2, 0.25) is 5.02 Å². The van der Waals surface area contributed by atoms with Gasteiger partial charge < -0.3 is 9.47 Å². The van der Waals surface area contributed by atoms with Gasteiger partial charge in [0.15, 0.2) is 0 Å². The summed E-state index contributed by atoms with van der Waals surface area (Å²) in [5.41, 5.74) is -0.656. The zero-order valence-corrected chi connectivity index (χ0v) is 19.5. The summed E-state index contributed by atoms with van der Waals surface area (Å²) >= 11 is 6.19. The zero-order valence-electron chi connectivity index (χ0n) is 18.7. The number of benzene rings is 1. The molecule has 0 unspecified atom stereocenters. The highest BCUT2D eigenvalue weighted by molar-refractivity contribution is 6.30. The summed E-state index contributed by atoms with van der Waals surface area (Å²) in [6, 6.07) is 10.4. The maximum absolute atomic E-state index is 13.5. The van der Waals surface area contributed by atoms with Crippen molar-refractivity contribution < 1.29 is 22.6 Å². The smallest absolute Gasteiger partial charge is 0.392 e. The van der Waals surface area contributed by atoms with Crippen molar-refractivity contribution in [3.63, 3.8) is 0 Å². The Bertz CT molecular complexity index is 1500. The molecular formula is C24H18ClF3N4O4. The lowest BCUT2D eigenvalue weighted by molar-refractivity contribution is -0.139. The third-order valence-electron chi connectivity index (χ3n) is 5.04. The first-order valence-electron chi connectivity index (χ1n) is 10.5. The van der Waals surface area contributed by atoms with Gasteiger partial charge in [0.1, 0.15) is 5.75 Å². The predicted molar refractivity (Wildman–Crippen MR) is 126 cm³/mol. The van der Waals surface area contributed by atoms with Crippen LogP contribution in [0.5, 0.6) is 11.6 Å². The second-order valence-electron chi connectivity index (χ2n) is 7.47. The van der Waals surface area contributed by atoms with E-state index in [0.717, 1.165) is 9.13 Å². The van der Waals surface area contributed by atoms with Gasteiger partial charge in [-0.25, -0.2) is 14.3 Å². The van der Waals surface area contributed by atoms with E-state index in [4.69, 9.17) is 21.1 Å². The van der Waals surface area contributed by atoms with Crippen LogP contribution in [0, 0.1) is 0 Å². The van der Waals surface area contributed by atoms with Crippen LogP contribution in [0.3, 0.4) is 0 Å². The molecule has 0 aliphatic carbocycles. The average molecular weight is 519 g/mol. The highest BCUT2D eigenvalue weighted by Crippen LogP contribution is 2.28. The SMILES string of the molecule is COc1ncccc1-c1cn(-c2cc(Cl)cc(OCCC(F)(F)F)c2)c(=O)n(-c2cccnc2)c1=O. The van der Waals surface area contributed by atoms with E-state index in [1.165, 1.54) is 56.2 Å². The lowest BCUT2D eigenvalue weighted by atomic mass is 10.1. The van der Waals surface area contributed by atoms with Crippen LogP contribution in [0.25, 0.3) is 22.5 Å². The first-order chi connectivity index (χ1) is 17.2. The van der Waals surface area contributed by atoms with Gasteiger partial charge in [-0.15, -0.1) is 0 Å². The van der Waals surface area contributed by atoms with Gasteiger partial charge in [0, 0.05) is 29.7 Å². The van der Waals surface area contributed by atoms with Gasteiger partial charge >= 0.3 is 11.9 Å². The molecule has 0 radical (unpaired) electrons. The molecule has 0 atom stereocenters. The molecule has 0 aliphatic heterocycles. The van der Waals surface area contributed by atoms with Crippen LogP contribution in [-0.4, -0.2) is 39.0 Å². The molecule has 8 nitrogen and oxygen atoms in total. The maximum Gasteiger partial charge on any atom is 0.392 e. The Balaban J connectivity index is 1.93. The molecule has 0 saturated carbocycles. The second kappa shape index (κ2) is 10.2. The number of nitrogens with zero attached hydrogens (tertiary/aromatic N) is 4. The lowest BCUT2D eigenvalue weighted by Gasteiger charge is -2.16. The number of hydrogen-bond acceptors (Lipinski definition) is 6. The highest BCUT2D eigenvalue weighted by atomic mass is 35.5. The van der Waals surface area contributed by atoms with E-state index in [0.29, 0.717) is 5.56 Å². The molecule has 0 amide bonds.